The normalized spacial score (nSPS) is 21.1. The van der Waals surface area contributed by atoms with Crippen molar-refractivity contribution in [1.29, 1.82) is 0 Å². The minimum atomic E-state index is -1.57. The monoisotopic (exact) mass is 348 g/mol. The van der Waals surface area contributed by atoms with Crippen LogP contribution in [0.5, 0.6) is 5.75 Å². The smallest absolute Gasteiger partial charge is 0.204 e. The van der Waals surface area contributed by atoms with E-state index in [2.05, 4.69) is 11.6 Å². The predicted octanol–water partition coefficient (Wildman–Crippen LogP) is 3.43. The molecule has 0 aliphatic carbocycles. The lowest BCUT2D eigenvalue weighted by molar-refractivity contribution is 0.0602. The van der Waals surface area contributed by atoms with Gasteiger partial charge in [0.15, 0.2) is 5.60 Å². The molecule has 1 saturated heterocycles. The van der Waals surface area contributed by atoms with Crippen LogP contribution >= 0.6 is 0 Å². The first-order valence-corrected chi connectivity index (χ1v) is 8.61. The van der Waals surface area contributed by atoms with Crippen LogP contribution in [0.1, 0.15) is 22.3 Å². The number of fused-ring (bicyclic) bond motifs is 2. The molecule has 0 saturated carbocycles. The molecule has 0 spiro atoms. The highest BCUT2D eigenvalue weighted by molar-refractivity contribution is 6.28. The zero-order valence-corrected chi connectivity index (χ0v) is 14.6. The van der Waals surface area contributed by atoms with Crippen molar-refractivity contribution < 1.29 is 14.6 Å². The maximum absolute atomic E-state index is 13.0. The van der Waals surface area contributed by atoms with Gasteiger partial charge in [-0.05, 0) is 31.2 Å². The average molecular weight is 348 g/mol. The molecule has 0 radical (unpaired) electrons. The van der Waals surface area contributed by atoms with Gasteiger partial charge in [0.2, 0.25) is 5.78 Å². The van der Waals surface area contributed by atoms with Crippen LogP contribution in [0.4, 0.5) is 11.4 Å². The Labute approximate surface area is 152 Å². The number of anilines is 1. The summed E-state index contributed by atoms with van der Waals surface area (Å²) in [6.07, 6.45) is 2.00. The van der Waals surface area contributed by atoms with Crippen LogP contribution in [-0.4, -0.2) is 35.5 Å². The number of benzene rings is 2. The topological polar surface area (TPSA) is 62.1 Å². The van der Waals surface area contributed by atoms with E-state index in [1.54, 1.807) is 12.1 Å². The number of ether oxygens (including phenoxy) is 1. The second-order valence-electron chi connectivity index (χ2n) is 6.64. The fourth-order valence-corrected chi connectivity index (χ4v) is 3.50. The average Bonchev–Trinajstić information content (AvgIpc) is 2.99. The highest BCUT2D eigenvalue weighted by Gasteiger charge is 2.52. The molecule has 0 amide bonds. The summed E-state index contributed by atoms with van der Waals surface area (Å²) in [4.78, 5) is 19.5. The van der Waals surface area contributed by atoms with Gasteiger partial charge in [0.1, 0.15) is 18.2 Å². The van der Waals surface area contributed by atoms with Crippen LogP contribution < -0.4 is 9.64 Å². The summed E-state index contributed by atoms with van der Waals surface area (Å²) < 4.78 is 5.59. The minimum Gasteiger partial charge on any atom is -0.489 e. The van der Waals surface area contributed by atoms with E-state index in [4.69, 9.17) is 4.74 Å². The minimum absolute atomic E-state index is 0.275. The van der Waals surface area contributed by atoms with E-state index in [0.29, 0.717) is 42.4 Å². The number of carbonyl (C=O) groups is 1. The first-order chi connectivity index (χ1) is 12.5. The molecule has 0 bridgehead atoms. The molecule has 0 unspecified atom stereocenters. The van der Waals surface area contributed by atoms with Crippen LogP contribution in [0, 0.1) is 6.92 Å². The molecular weight excluding hydrogens is 328 g/mol. The van der Waals surface area contributed by atoms with Crippen molar-refractivity contribution in [1.82, 2.24) is 0 Å². The van der Waals surface area contributed by atoms with Gasteiger partial charge >= 0.3 is 0 Å². The van der Waals surface area contributed by atoms with Crippen molar-refractivity contribution in [2.75, 3.05) is 18.1 Å². The van der Waals surface area contributed by atoms with Crippen molar-refractivity contribution in [2.24, 2.45) is 4.99 Å². The van der Waals surface area contributed by atoms with E-state index in [1.807, 2.05) is 48.2 Å². The molecule has 0 aromatic heterocycles. The lowest BCUT2D eigenvalue weighted by atomic mass is 9.87. The number of carbonyl (C=O) groups excluding carboxylic acids is 1. The van der Waals surface area contributed by atoms with Gasteiger partial charge < -0.3 is 14.7 Å². The number of aliphatic hydroxyl groups is 1. The Morgan fingerprint density at radius 1 is 1.35 bits per heavy atom. The van der Waals surface area contributed by atoms with E-state index in [9.17, 15) is 9.90 Å². The van der Waals surface area contributed by atoms with Gasteiger partial charge in [0.25, 0.3) is 0 Å². The van der Waals surface area contributed by atoms with Crippen molar-refractivity contribution in [3.8, 4) is 5.75 Å². The van der Waals surface area contributed by atoms with Crippen LogP contribution in [0.2, 0.25) is 0 Å². The number of hydrogen-bond acceptors (Lipinski definition) is 5. The number of rotatable bonds is 4. The number of nitrogens with zero attached hydrogens (tertiary/aromatic N) is 2. The zero-order valence-electron chi connectivity index (χ0n) is 14.6. The molecule has 132 valence electrons. The number of hydrogen-bond donors (Lipinski definition) is 1. The molecule has 1 fully saturated rings. The van der Waals surface area contributed by atoms with E-state index in [-0.39, 0.29) is 5.78 Å². The van der Waals surface area contributed by atoms with Crippen LogP contribution in [0.15, 0.2) is 60.1 Å². The third-order valence-electron chi connectivity index (χ3n) is 4.82. The van der Waals surface area contributed by atoms with Crippen molar-refractivity contribution in [2.45, 2.75) is 18.9 Å². The molecule has 5 heteroatoms. The Kier molecular flexibility index (Phi) is 3.89. The van der Waals surface area contributed by atoms with Gasteiger partial charge in [-0.15, -0.1) is 0 Å². The summed E-state index contributed by atoms with van der Waals surface area (Å²) in [7, 11) is 0. The molecule has 1 N–H and O–H groups in total. The number of aliphatic imine (C=N–C) groups is 1. The summed E-state index contributed by atoms with van der Waals surface area (Å²) in [5.41, 5.74) is 1.33. The SMILES string of the molecule is C=CCOc1cccc(N2CC[C@@]3(O)C(=O)c4cc(C)ccc4N=C23)c1. The van der Waals surface area contributed by atoms with Crippen molar-refractivity contribution >= 4 is 23.0 Å². The molecule has 4 rings (SSSR count). The number of amidine groups is 1. The van der Waals surface area contributed by atoms with Gasteiger partial charge in [-0.1, -0.05) is 30.4 Å². The number of ketones is 1. The Bertz CT molecular complexity index is 935. The Morgan fingerprint density at radius 2 is 2.19 bits per heavy atom. The molecular formula is C21H20N2O3. The van der Waals surface area contributed by atoms with Crippen LogP contribution in [0.25, 0.3) is 0 Å². The van der Waals surface area contributed by atoms with E-state index >= 15 is 0 Å². The fraction of sp³-hybridized carbons (Fsp3) is 0.238. The maximum atomic E-state index is 13.0. The van der Waals surface area contributed by atoms with E-state index < -0.39 is 5.60 Å². The van der Waals surface area contributed by atoms with Gasteiger partial charge in [-0.3, -0.25) is 4.79 Å². The fourth-order valence-electron chi connectivity index (χ4n) is 3.50. The van der Waals surface area contributed by atoms with E-state index in [1.165, 1.54) is 0 Å². The molecule has 2 aliphatic rings. The second kappa shape index (κ2) is 6.11. The zero-order chi connectivity index (χ0) is 18.3. The van der Waals surface area contributed by atoms with Crippen LogP contribution in [-0.2, 0) is 0 Å². The summed E-state index contributed by atoms with van der Waals surface area (Å²) in [5.74, 6) is 0.819. The maximum Gasteiger partial charge on any atom is 0.204 e. The second-order valence-corrected chi connectivity index (χ2v) is 6.64. The Morgan fingerprint density at radius 3 is 3.00 bits per heavy atom. The Balaban J connectivity index is 1.76. The number of Topliss-reactive ketones (excluding diaryl/α,β-unsaturated/α-hetero) is 1. The molecule has 5 nitrogen and oxygen atoms in total. The van der Waals surface area contributed by atoms with E-state index in [0.717, 1.165) is 11.3 Å². The number of aryl methyl sites for hydroxylation is 1. The lowest BCUT2D eigenvalue weighted by Gasteiger charge is -2.30. The first kappa shape index (κ1) is 16.5. The highest BCUT2D eigenvalue weighted by Crippen LogP contribution is 2.40. The van der Waals surface area contributed by atoms with Gasteiger partial charge in [-0.2, -0.15) is 0 Å². The van der Waals surface area contributed by atoms with Crippen LogP contribution in [0.3, 0.4) is 0 Å². The standard InChI is InChI=1S/C21H20N2O3/c1-3-11-26-16-6-4-5-15(13-16)23-10-9-21(25)19(24)17-12-14(2)7-8-18(17)22-20(21)23/h3-8,12-13,25H,1,9-11H2,2H3/t21-/m1/s1. The predicted molar refractivity (Wildman–Crippen MR) is 102 cm³/mol. The third kappa shape index (κ3) is 2.52. The molecule has 2 aromatic carbocycles. The quantitative estimate of drug-likeness (QED) is 0.860. The molecule has 2 aromatic rings. The Hall–Kier alpha value is -2.92. The summed E-state index contributed by atoms with van der Waals surface area (Å²) in [6.45, 7) is 6.50. The van der Waals surface area contributed by atoms with Crippen molar-refractivity contribution in [3.05, 3.63) is 66.2 Å². The molecule has 2 heterocycles. The van der Waals surface area contributed by atoms with Crippen molar-refractivity contribution in [3.63, 3.8) is 0 Å². The largest absolute Gasteiger partial charge is 0.489 e. The highest BCUT2D eigenvalue weighted by atomic mass is 16.5. The third-order valence-corrected chi connectivity index (χ3v) is 4.82. The summed E-state index contributed by atoms with van der Waals surface area (Å²) >= 11 is 0. The molecule has 2 aliphatic heterocycles. The first-order valence-electron chi connectivity index (χ1n) is 8.61. The molecule has 1 atom stereocenters. The summed E-state index contributed by atoms with van der Waals surface area (Å²) in [6, 6.07) is 13.1. The van der Waals surface area contributed by atoms with Gasteiger partial charge in [0, 0.05) is 30.3 Å². The van der Waals surface area contributed by atoms with Gasteiger partial charge in [-0.25, -0.2) is 4.99 Å². The van der Waals surface area contributed by atoms with Gasteiger partial charge in [0.05, 0.1) is 5.69 Å². The summed E-state index contributed by atoms with van der Waals surface area (Å²) in [5, 5.41) is 11.1. The molecule has 26 heavy (non-hydrogen) atoms. The lowest BCUT2D eigenvalue weighted by Crippen LogP contribution is -2.48.